The van der Waals surface area contributed by atoms with Gasteiger partial charge in [0.05, 0.1) is 23.7 Å². The van der Waals surface area contributed by atoms with Crippen molar-refractivity contribution in [3.8, 4) is 0 Å². The van der Waals surface area contributed by atoms with E-state index in [2.05, 4.69) is 17.3 Å². The molecule has 2 fully saturated rings. The molecule has 0 bridgehead atoms. The topological polar surface area (TPSA) is 74.7 Å². The molecule has 0 spiro atoms. The first-order chi connectivity index (χ1) is 12.5. The molecular formula is C18H29IN4O2S2. The third kappa shape index (κ3) is 5.79. The summed E-state index contributed by atoms with van der Waals surface area (Å²) in [7, 11) is -0.781. The van der Waals surface area contributed by atoms with E-state index >= 15 is 0 Å². The molecule has 0 radical (unpaired) electrons. The van der Waals surface area contributed by atoms with Crippen molar-refractivity contribution in [1.29, 1.82) is 0 Å². The second-order valence-corrected chi connectivity index (χ2v) is 11.3. The molecule has 1 aliphatic heterocycles. The van der Waals surface area contributed by atoms with E-state index in [1.165, 1.54) is 42.7 Å². The molecule has 0 aromatic carbocycles. The van der Waals surface area contributed by atoms with E-state index in [9.17, 15) is 8.42 Å². The van der Waals surface area contributed by atoms with Gasteiger partial charge in [-0.1, -0.05) is 0 Å². The Kier molecular flexibility index (Phi) is 7.05. The summed E-state index contributed by atoms with van der Waals surface area (Å²) in [5, 5.41) is 4.68. The standard InChI is InChI=1S/C18H28N4O2S2.HI/c1-22(11-17-21-15-4-2-3-5-16(15)25-17)18(20-14-6-7-14)19-10-13-8-9-26(23,24)12-13;/h13-14H,2-12H2,1H3,(H,19,20);1H. The molecular weight excluding hydrogens is 495 g/mol. The van der Waals surface area contributed by atoms with Crippen LogP contribution in [0.15, 0.2) is 4.99 Å². The van der Waals surface area contributed by atoms with Gasteiger partial charge >= 0.3 is 0 Å². The SMILES string of the molecule is CN(Cc1nc2c(s1)CCCC2)C(=NCC1CCS(=O)(=O)C1)NC1CC1.I. The van der Waals surface area contributed by atoms with Crippen LogP contribution in [0.5, 0.6) is 0 Å². The first kappa shape index (κ1) is 21.3. The molecule has 9 heteroatoms. The molecule has 1 saturated heterocycles. The number of nitrogens with one attached hydrogen (secondary N) is 1. The summed E-state index contributed by atoms with van der Waals surface area (Å²) < 4.78 is 23.3. The smallest absolute Gasteiger partial charge is 0.194 e. The van der Waals surface area contributed by atoms with Crippen LogP contribution >= 0.6 is 35.3 Å². The van der Waals surface area contributed by atoms with Gasteiger partial charge in [-0.3, -0.25) is 4.99 Å². The van der Waals surface area contributed by atoms with Gasteiger partial charge in [-0.2, -0.15) is 0 Å². The lowest BCUT2D eigenvalue weighted by Crippen LogP contribution is -2.40. The number of hydrogen-bond donors (Lipinski definition) is 1. The molecule has 1 atom stereocenters. The van der Waals surface area contributed by atoms with Gasteiger partial charge in [0.25, 0.3) is 0 Å². The summed E-state index contributed by atoms with van der Waals surface area (Å²) in [6, 6.07) is 0.521. The molecule has 152 valence electrons. The van der Waals surface area contributed by atoms with Crippen LogP contribution in [0.3, 0.4) is 0 Å². The number of aryl methyl sites for hydroxylation is 2. The molecule has 1 N–H and O–H groups in total. The highest BCUT2D eigenvalue weighted by atomic mass is 127. The maximum absolute atomic E-state index is 11.7. The number of sulfone groups is 1. The second-order valence-electron chi connectivity index (χ2n) is 7.89. The predicted molar refractivity (Wildman–Crippen MR) is 121 cm³/mol. The Bertz CT molecular complexity index is 766. The summed E-state index contributed by atoms with van der Waals surface area (Å²) in [5.41, 5.74) is 1.30. The molecule has 0 amide bonds. The van der Waals surface area contributed by atoms with Crippen LogP contribution in [0.4, 0.5) is 0 Å². The van der Waals surface area contributed by atoms with E-state index in [4.69, 9.17) is 9.98 Å². The van der Waals surface area contributed by atoms with E-state index in [-0.39, 0.29) is 35.6 Å². The van der Waals surface area contributed by atoms with Crippen LogP contribution in [-0.4, -0.2) is 55.4 Å². The van der Waals surface area contributed by atoms with Crippen molar-refractivity contribution in [2.45, 2.75) is 57.5 Å². The zero-order chi connectivity index (χ0) is 18.1. The molecule has 1 unspecified atom stereocenters. The molecule has 6 nitrogen and oxygen atoms in total. The van der Waals surface area contributed by atoms with Gasteiger partial charge in [0, 0.05) is 24.5 Å². The van der Waals surface area contributed by atoms with Crippen LogP contribution in [0.2, 0.25) is 0 Å². The summed E-state index contributed by atoms with van der Waals surface area (Å²) >= 11 is 1.84. The third-order valence-electron chi connectivity index (χ3n) is 5.36. The van der Waals surface area contributed by atoms with Crippen molar-refractivity contribution in [2.75, 3.05) is 25.1 Å². The quantitative estimate of drug-likeness (QED) is 0.364. The number of thiazole rings is 1. The Labute approximate surface area is 183 Å². The number of rotatable bonds is 5. The average Bonchev–Trinajstić information content (AvgIpc) is 3.22. The maximum atomic E-state index is 11.7. The number of aromatic nitrogens is 1. The first-order valence-electron chi connectivity index (χ1n) is 9.68. The average molecular weight is 524 g/mol. The Morgan fingerprint density at radius 2 is 2.07 bits per heavy atom. The number of fused-ring (bicyclic) bond motifs is 1. The first-order valence-corrected chi connectivity index (χ1v) is 12.3. The minimum absolute atomic E-state index is 0. The van der Waals surface area contributed by atoms with E-state index < -0.39 is 9.84 Å². The lowest BCUT2D eigenvalue weighted by Gasteiger charge is -2.22. The highest BCUT2D eigenvalue weighted by molar-refractivity contribution is 14.0. The number of hydrogen-bond acceptors (Lipinski definition) is 5. The van der Waals surface area contributed by atoms with E-state index in [0.717, 1.165) is 30.4 Å². The minimum Gasteiger partial charge on any atom is -0.354 e. The van der Waals surface area contributed by atoms with Gasteiger partial charge in [-0.05, 0) is 50.9 Å². The zero-order valence-electron chi connectivity index (χ0n) is 15.8. The normalized spacial score (nSPS) is 24.2. The zero-order valence-corrected chi connectivity index (χ0v) is 19.8. The van der Waals surface area contributed by atoms with Crippen molar-refractivity contribution >= 4 is 51.1 Å². The Balaban J connectivity index is 0.00000210. The largest absolute Gasteiger partial charge is 0.354 e. The van der Waals surface area contributed by atoms with Crippen LogP contribution in [0.1, 0.15) is 47.7 Å². The summed E-state index contributed by atoms with van der Waals surface area (Å²) in [4.78, 5) is 13.2. The fraction of sp³-hybridized carbons (Fsp3) is 0.778. The minimum atomic E-state index is -2.84. The molecule has 1 saturated carbocycles. The van der Waals surface area contributed by atoms with E-state index in [0.29, 0.717) is 18.3 Å². The number of guanidine groups is 1. The number of halogens is 1. The van der Waals surface area contributed by atoms with Crippen molar-refractivity contribution < 1.29 is 8.42 Å². The van der Waals surface area contributed by atoms with Crippen molar-refractivity contribution in [3.05, 3.63) is 15.6 Å². The van der Waals surface area contributed by atoms with Gasteiger partial charge in [-0.25, -0.2) is 13.4 Å². The van der Waals surface area contributed by atoms with Crippen LogP contribution in [0, 0.1) is 5.92 Å². The summed E-state index contributed by atoms with van der Waals surface area (Å²) in [5.74, 6) is 1.66. The van der Waals surface area contributed by atoms with Crippen molar-refractivity contribution in [1.82, 2.24) is 15.2 Å². The summed E-state index contributed by atoms with van der Waals surface area (Å²) in [6.07, 6.45) is 7.95. The Hall–Kier alpha value is -0.420. The monoisotopic (exact) mass is 524 g/mol. The van der Waals surface area contributed by atoms with Crippen molar-refractivity contribution in [3.63, 3.8) is 0 Å². The van der Waals surface area contributed by atoms with E-state index in [1.54, 1.807) is 0 Å². The summed E-state index contributed by atoms with van der Waals surface area (Å²) in [6.45, 7) is 1.35. The van der Waals surface area contributed by atoms with E-state index in [1.807, 2.05) is 11.3 Å². The maximum Gasteiger partial charge on any atom is 0.194 e. The number of nitrogens with zero attached hydrogens (tertiary/aromatic N) is 3. The lowest BCUT2D eigenvalue weighted by atomic mass is 10.0. The molecule has 2 aliphatic carbocycles. The van der Waals surface area contributed by atoms with Crippen LogP contribution in [0.25, 0.3) is 0 Å². The van der Waals surface area contributed by atoms with Gasteiger partial charge in [-0.15, -0.1) is 35.3 Å². The fourth-order valence-corrected chi connectivity index (χ4v) is 6.73. The number of aliphatic imine (C=N–C) groups is 1. The van der Waals surface area contributed by atoms with Gasteiger partial charge in [0.2, 0.25) is 0 Å². The van der Waals surface area contributed by atoms with Crippen LogP contribution < -0.4 is 5.32 Å². The van der Waals surface area contributed by atoms with Gasteiger partial charge in [0.15, 0.2) is 15.8 Å². The molecule has 27 heavy (non-hydrogen) atoms. The van der Waals surface area contributed by atoms with Crippen LogP contribution in [-0.2, 0) is 29.2 Å². The Morgan fingerprint density at radius 3 is 2.74 bits per heavy atom. The molecule has 1 aromatic heterocycles. The highest BCUT2D eigenvalue weighted by Gasteiger charge is 2.29. The highest BCUT2D eigenvalue weighted by Crippen LogP contribution is 2.27. The third-order valence-corrected chi connectivity index (χ3v) is 8.34. The molecule has 2 heterocycles. The lowest BCUT2D eigenvalue weighted by molar-refractivity contribution is 0.468. The van der Waals surface area contributed by atoms with Gasteiger partial charge in [0.1, 0.15) is 5.01 Å². The Morgan fingerprint density at radius 1 is 1.30 bits per heavy atom. The van der Waals surface area contributed by atoms with Gasteiger partial charge < -0.3 is 10.2 Å². The molecule has 3 aliphatic rings. The van der Waals surface area contributed by atoms with Crippen molar-refractivity contribution in [2.24, 2.45) is 10.9 Å². The second kappa shape index (κ2) is 8.94. The predicted octanol–water partition coefficient (Wildman–Crippen LogP) is 2.61. The fourth-order valence-electron chi connectivity index (χ4n) is 3.67. The molecule has 1 aromatic rings. The molecule has 4 rings (SSSR count).